The van der Waals surface area contributed by atoms with Gasteiger partial charge in [0, 0.05) is 6.54 Å². The monoisotopic (exact) mass is 313 g/mol. The van der Waals surface area contributed by atoms with Crippen molar-refractivity contribution >= 4 is 6.09 Å². The predicted molar refractivity (Wildman–Crippen MR) is 91.2 cm³/mol. The molecule has 5 nitrogen and oxygen atoms in total. The first kappa shape index (κ1) is 19.2. The lowest BCUT2D eigenvalue weighted by atomic mass is 9.99. The van der Waals surface area contributed by atoms with Crippen molar-refractivity contribution in [3.05, 3.63) is 0 Å². The molecule has 1 aliphatic heterocycles. The molecule has 0 bridgehead atoms. The van der Waals surface area contributed by atoms with E-state index in [1.807, 2.05) is 20.8 Å². The van der Waals surface area contributed by atoms with E-state index in [1.165, 1.54) is 38.9 Å². The molecule has 0 aromatic rings. The Morgan fingerprint density at radius 3 is 2.41 bits per heavy atom. The van der Waals surface area contributed by atoms with Gasteiger partial charge in [0.25, 0.3) is 0 Å². The summed E-state index contributed by atoms with van der Waals surface area (Å²) in [6, 6.07) is 0. The summed E-state index contributed by atoms with van der Waals surface area (Å²) in [5, 5.41) is 6.21. The van der Waals surface area contributed by atoms with Crippen LogP contribution in [0.3, 0.4) is 0 Å². The van der Waals surface area contributed by atoms with Crippen LogP contribution < -0.4 is 10.6 Å². The van der Waals surface area contributed by atoms with Crippen molar-refractivity contribution in [1.29, 1.82) is 0 Å². The van der Waals surface area contributed by atoms with E-state index in [4.69, 9.17) is 4.74 Å². The molecule has 0 aromatic heterocycles. The maximum absolute atomic E-state index is 11.4. The number of hydrogen-bond acceptors (Lipinski definition) is 4. The molecule has 0 unspecified atom stereocenters. The molecule has 1 amide bonds. The third-order valence-electron chi connectivity index (χ3n) is 3.90. The quantitative estimate of drug-likeness (QED) is 0.676. The van der Waals surface area contributed by atoms with Crippen LogP contribution in [0.15, 0.2) is 0 Å². The molecular weight excluding hydrogens is 278 g/mol. The lowest BCUT2D eigenvalue weighted by Crippen LogP contribution is -2.35. The number of carbonyl (C=O) groups is 1. The molecule has 0 radical (unpaired) electrons. The summed E-state index contributed by atoms with van der Waals surface area (Å²) >= 11 is 0. The minimum atomic E-state index is -0.422. The number of alkyl carbamates (subject to hydrolysis) is 1. The normalized spacial score (nSPS) is 17.5. The average Bonchev–Trinajstić information content (AvgIpc) is 2.42. The Bertz CT molecular complexity index is 308. The van der Waals surface area contributed by atoms with Crippen molar-refractivity contribution < 1.29 is 9.53 Å². The number of likely N-dealkylation sites (tertiary alicyclic amines) is 1. The van der Waals surface area contributed by atoms with Crippen LogP contribution in [-0.4, -0.2) is 55.9 Å². The van der Waals surface area contributed by atoms with Crippen LogP contribution in [0, 0.1) is 5.92 Å². The van der Waals surface area contributed by atoms with E-state index in [0.29, 0.717) is 6.54 Å². The standard InChI is InChI=1S/C17H35N3O2/c1-15-7-13-20(14-8-15)12-6-10-18-9-5-11-19-16(21)22-17(2,3)4/h15,18H,5-14H2,1-4H3,(H,19,21). The molecule has 0 aliphatic carbocycles. The SMILES string of the molecule is CC1CCN(CCCNCCCNC(=O)OC(C)(C)C)CC1. The lowest BCUT2D eigenvalue weighted by Gasteiger charge is -2.30. The number of nitrogens with zero attached hydrogens (tertiary/aromatic N) is 1. The van der Waals surface area contributed by atoms with Crippen LogP contribution in [0.4, 0.5) is 4.79 Å². The van der Waals surface area contributed by atoms with Gasteiger partial charge in [0.1, 0.15) is 5.60 Å². The van der Waals surface area contributed by atoms with Crippen LogP contribution in [0.25, 0.3) is 0 Å². The number of nitrogens with one attached hydrogen (secondary N) is 2. The highest BCUT2D eigenvalue weighted by Gasteiger charge is 2.15. The van der Waals surface area contributed by atoms with Gasteiger partial charge in [0.15, 0.2) is 0 Å². The van der Waals surface area contributed by atoms with Gasteiger partial charge in [0.05, 0.1) is 0 Å². The zero-order valence-electron chi connectivity index (χ0n) is 14.9. The number of amides is 1. The number of piperidine rings is 1. The van der Waals surface area contributed by atoms with Crippen LogP contribution in [-0.2, 0) is 4.74 Å². The van der Waals surface area contributed by atoms with Crippen LogP contribution in [0.2, 0.25) is 0 Å². The fourth-order valence-corrected chi connectivity index (χ4v) is 2.56. The summed E-state index contributed by atoms with van der Waals surface area (Å²) in [6.07, 6.45) is 4.51. The third-order valence-corrected chi connectivity index (χ3v) is 3.90. The molecule has 0 saturated carbocycles. The number of carbonyl (C=O) groups excluding carboxylic acids is 1. The van der Waals surface area contributed by atoms with Crippen molar-refractivity contribution in [3.8, 4) is 0 Å². The van der Waals surface area contributed by atoms with E-state index in [0.717, 1.165) is 25.4 Å². The summed E-state index contributed by atoms with van der Waals surface area (Å²) in [7, 11) is 0. The van der Waals surface area contributed by atoms with Crippen molar-refractivity contribution in [3.63, 3.8) is 0 Å². The second kappa shape index (κ2) is 10.1. The van der Waals surface area contributed by atoms with E-state index >= 15 is 0 Å². The molecule has 0 spiro atoms. The van der Waals surface area contributed by atoms with E-state index in [2.05, 4.69) is 22.5 Å². The van der Waals surface area contributed by atoms with E-state index in [1.54, 1.807) is 0 Å². The molecule has 1 aliphatic rings. The predicted octanol–water partition coefficient (Wildman–Crippen LogP) is 2.61. The molecule has 0 aromatic carbocycles. The zero-order valence-corrected chi connectivity index (χ0v) is 14.9. The Hall–Kier alpha value is -0.810. The smallest absolute Gasteiger partial charge is 0.407 e. The summed E-state index contributed by atoms with van der Waals surface area (Å²) in [4.78, 5) is 14.0. The first-order valence-corrected chi connectivity index (χ1v) is 8.77. The highest BCUT2D eigenvalue weighted by molar-refractivity contribution is 5.67. The average molecular weight is 313 g/mol. The number of hydrogen-bond donors (Lipinski definition) is 2. The Balaban J connectivity index is 1.86. The Morgan fingerprint density at radius 1 is 1.14 bits per heavy atom. The molecule has 0 atom stereocenters. The van der Waals surface area contributed by atoms with Gasteiger partial charge in [-0.15, -0.1) is 0 Å². The maximum Gasteiger partial charge on any atom is 0.407 e. The third kappa shape index (κ3) is 10.0. The van der Waals surface area contributed by atoms with Gasteiger partial charge >= 0.3 is 6.09 Å². The van der Waals surface area contributed by atoms with Gasteiger partial charge in [0.2, 0.25) is 0 Å². The summed E-state index contributed by atoms with van der Waals surface area (Å²) in [5.74, 6) is 0.909. The minimum Gasteiger partial charge on any atom is -0.444 e. The fourth-order valence-electron chi connectivity index (χ4n) is 2.56. The molecule has 1 rings (SSSR count). The van der Waals surface area contributed by atoms with Gasteiger partial charge in [-0.1, -0.05) is 6.92 Å². The van der Waals surface area contributed by atoms with Crippen molar-refractivity contribution in [1.82, 2.24) is 15.5 Å². The van der Waals surface area contributed by atoms with Gasteiger partial charge in [-0.25, -0.2) is 4.79 Å². The van der Waals surface area contributed by atoms with Gasteiger partial charge in [-0.05, 0) is 85.1 Å². The van der Waals surface area contributed by atoms with Crippen molar-refractivity contribution in [2.45, 2.75) is 59.0 Å². The fraction of sp³-hybridized carbons (Fsp3) is 0.941. The molecule has 22 heavy (non-hydrogen) atoms. The van der Waals surface area contributed by atoms with E-state index in [9.17, 15) is 4.79 Å². The molecule has 1 fully saturated rings. The number of rotatable bonds is 8. The molecular formula is C17H35N3O2. The van der Waals surface area contributed by atoms with Crippen molar-refractivity contribution in [2.24, 2.45) is 5.92 Å². The number of ether oxygens (including phenoxy) is 1. The first-order chi connectivity index (χ1) is 10.4. The maximum atomic E-state index is 11.4. The Kier molecular flexibility index (Phi) is 8.79. The Labute approximate surface area is 136 Å². The summed E-state index contributed by atoms with van der Waals surface area (Å²) < 4.78 is 5.18. The molecule has 1 saturated heterocycles. The molecule has 130 valence electrons. The van der Waals surface area contributed by atoms with Crippen LogP contribution in [0.5, 0.6) is 0 Å². The second-order valence-corrected chi connectivity index (χ2v) is 7.41. The Morgan fingerprint density at radius 2 is 1.77 bits per heavy atom. The van der Waals surface area contributed by atoms with Gasteiger partial charge < -0.3 is 20.3 Å². The first-order valence-electron chi connectivity index (χ1n) is 8.77. The molecule has 1 heterocycles. The topological polar surface area (TPSA) is 53.6 Å². The summed E-state index contributed by atoms with van der Waals surface area (Å²) in [6.45, 7) is 14.4. The largest absolute Gasteiger partial charge is 0.444 e. The molecule has 2 N–H and O–H groups in total. The lowest BCUT2D eigenvalue weighted by molar-refractivity contribution is 0.0527. The van der Waals surface area contributed by atoms with E-state index < -0.39 is 5.60 Å². The van der Waals surface area contributed by atoms with Crippen LogP contribution >= 0.6 is 0 Å². The molecule has 5 heteroatoms. The van der Waals surface area contributed by atoms with Crippen molar-refractivity contribution in [2.75, 3.05) is 39.3 Å². The van der Waals surface area contributed by atoms with Crippen LogP contribution in [0.1, 0.15) is 53.4 Å². The van der Waals surface area contributed by atoms with E-state index in [-0.39, 0.29) is 6.09 Å². The summed E-state index contributed by atoms with van der Waals surface area (Å²) in [5.41, 5.74) is -0.422. The highest BCUT2D eigenvalue weighted by atomic mass is 16.6. The zero-order chi connectivity index (χ0) is 16.4. The highest BCUT2D eigenvalue weighted by Crippen LogP contribution is 2.15. The second-order valence-electron chi connectivity index (χ2n) is 7.41. The minimum absolute atomic E-state index is 0.327. The van der Waals surface area contributed by atoms with Gasteiger partial charge in [-0.3, -0.25) is 0 Å². The van der Waals surface area contributed by atoms with Gasteiger partial charge in [-0.2, -0.15) is 0 Å².